The van der Waals surface area contributed by atoms with Crippen LogP contribution in [0.1, 0.15) is 62.3 Å². The fourth-order valence-corrected chi connectivity index (χ4v) is 3.00. The largest absolute Gasteiger partial charge is 0.376 e. The van der Waals surface area contributed by atoms with Crippen LogP contribution in [0.4, 0.5) is 5.82 Å². The van der Waals surface area contributed by atoms with Crippen molar-refractivity contribution in [2.24, 2.45) is 0 Å². The second kappa shape index (κ2) is 6.93. The second-order valence-electron chi connectivity index (χ2n) is 6.18. The van der Waals surface area contributed by atoms with E-state index in [1.54, 1.807) is 0 Å². The molecule has 4 nitrogen and oxygen atoms in total. The third-order valence-corrected chi connectivity index (χ3v) is 4.71. The van der Waals surface area contributed by atoms with E-state index in [0.717, 1.165) is 30.4 Å². The predicted octanol–water partition coefficient (Wildman–Crippen LogP) is 4.08. The van der Waals surface area contributed by atoms with Gasteiger partial charge in [0.2, 0.25) is 0 Å². The summed E-state index contributed by atoms with van der Waals surface area (Å²) in [4.78, 5) is 9.00. The zero-order chi connectivity index (χ0) is 14.7. The van der Waals surface area contributed by atoms with Crippen molar-refractivity contribution in [1.29, 1.82) is 0 Å². The van der Waals surface area contributed by atoms with Gasteiger partial charge >= 0.3 is 0 Å². The average molecular weight is 310 g/mol. The van der Waals surface area contributed by atoms with Crippen LogP contribution < -0.4 is 5.32 Å². The minimum absolute atomic E-state index is 0.456. The third kappa shape index (κ3) is 4.07. The summed E-state index contributed by atoms with van der Waals surface area (Å²) in [6, 6.07) is 0. The van der Waals surface area contributed by atoms with Crippen molar-refractivity contribution < 1.29 is 4.74 Å². The molecule has 0 unspecified atom stereocenters. The number of ether oxygens (including phenoxy) is 1. The highest BCUT2D eigenvalue weighted by Gasteiger charge is 2.28. The molecule has 1 heterocycles. The molecular formula is C16H24ClN3O. The molecule has 1 aromatic heterocycles. The summed E-state index contributed by atoms with van der Waals surface area (Å²) in [5, 5.41) is 3.93. The molecule has 2 aliphatic rings. The van der Waals surface area contributed by atoms with Gasteiger partial charge in [-0.15, -0.1) is 0 Å². The molecule has 21 heavy (non-hydrogen) atoms. The molecule has 116 valence electrons. The Kier molecular flexibility index (Phi) is 4.96. The van der Waals surface area contributed by atoms with Gasteiger partial charge in [0.25, 0.3) is 0 Å². The standard InChI is InChI=1S/C16H24ClN3O/c1-11-14(17)19-16(12-7-8-12)20-15(11)18-9-10-21-13-5-3-2-4-6-13/h12-13H,2-10H2,1H3,(H,18,19,20). The highest BCUT2D eigenvalue weighted by molar-refractivity contribution is 6.30. The van der Waals surface area contributed by atoms with E-state index in [9.17, 15) is 0 Å². The lowest BCUT2D eigenvalue weighted by Gasteiger charge is -2.22. The van der Waals surface area contributed by atoms with Crippen molar-refractivity contribution in [2.75, 3.05) is 18.5 Å². The molecule has 2 saturated carbocycles. The Hall–Kier alpha value is -0.870. The maximum Gasteiger partial charge on any atom is 0.137 e. The first-order chi connectivity index (χ1) is 10.2. The molecule has 0 bridgehead atoms. The van der Waals surface area contributed by atoms with Crippen molar-refractivity contribution in [1.82, 2.24) is 9.97 Å². The maximum atomic E-state index is 6.20. The van der Waals surface area contributed by atoms with Gasteiger partial charge in [-0.25, -0.2) is 9.97 Å². The van der Waals surface area contributed by atoms with Crippen LogP contribution in [0, 0.1) is 6.92 Å². The number of hydrogen-bond donors (Lipinski definition) is 1. The Bertz CT molecular complexity index is 485. The van der Waals surface area contributed by atoms with Crippen molar-refractivity contribution in [3.8, 4) is 0 Å². The molecule has 2 fully saturated rings. The Morgan fingerprint density at radius 3 is 2.62 bits per heavy atom. The first-order valence-electron chi connectivity index (χ1n) is 8.13. The molecule has 0 radical (unpaired) electrons. The summed E-state index contributed by atoms with van der Waals surface area (Å²) in [7, 11) is 0. The van der Waals surface area contributed by atoms with Gasteiger partial charge in [0.15, 0.2) is 0 Å². The molecule has 0 aromatic carbocycles. The van der Waals surface area contributed by atoms with Gasteiger partial charge in [-0.05, 0) is 32.6 Å². The van der Waals surface area contributed by atoms with Gasteiger partial charge in [-0.3, -0.25) is 0 Å². The zero-order valence-electron chi connectivity index (χ0n) is 12.7. The van der Waals surface area contributed by atoms with E-state index >= 15 is 0 Å². The number of rotatable bonds is 6. The van der Waals surface area contributed by atoms with Crippen LogP contribution in [0.15, 0.2) is 0 Å². The van der Waals surface area contributed by atoms with E-state index in [4.69, 9.17) is 16.3 Å². The molecule has 1 N–H and O–H groups in total. The second-order valence-corrected chi connectivity index (χ2v) is 6.54. The highest BCUT2D eigenvalue weighted by atomic mass is 35.5. The number of nitrogens with zero attached hydrogens (tertiary/aromatic N) is 2. The fraction of sp³-hybridized carbons (Fsp3) is 0.750. The van der Waals surface area contributed by atoms with Gasteiger partial charge in [-0.1, -0.05) is 30.9 Å². The van der Waals surface area contributed by atoms with Crippen molar-refractivity contribution in [3.05, 3.63) is 16.5 Å². The van der Waals surface area contributed by atoms with Crippen LogP contribution in [-0.2, 0) is 4.74 Å². The van der Waals surface area contributed by atoms with E-state index in [1.165, 1.54) is 44.9 Å². The maximum absolute atomic E-state index is 6.20. The van der Waals surface area contributed by atoms with Crippen molar-refractivity contribution in [2.45, 2.75) is 63.9 Å². The van der Waals surface area contributed by atoms with Crippen molar-refractivity contribution in [3.63, 3.8) is 0 Å². The molecule has 0 spiro atoms. The highest BCUT2D eigenvalue weighted by Crippen LogP contribution is 2.39. The van der Waals surface area contributed by atoms with E-state index in [0.29, 0.717) is 17.2 Å². The minimum atomic E-state index is 0.456. The number of anilines is 1. The normalized spacial score (nSPS) is 19.7. The number of hydrogen-bond acceptors (Lipinski definition) is 4. The number of aromatic nitrogens is 2. The summed E-state index contributed by atoms with van der Waals surface area (Å²) < 4.78 is 5.93. The lowest BCUT2D eigenvalue weighted by molar-refractivity contribution is 0.0347. The van der Waals surface area contributed by atoms with Gasteiger partial charge in [-0.2, -0.15) is 0 Å². The number of nitrogens with one attached hydrogen (secondary N) is 1. The number of halogens is 1. The molecule has 1 aromatic rings. The Balaban J connectivity index is 1.50. The first-order valence-corrected chi connectivity index (χ1v) is 8.51. The monoisotopic (exact) mass is 309 g/mol. The van der Waals surface area contributed by atoms with Gasteiger partial charge < -0.3 is 10.1 Å². The molecule has 0 aliphatic heterocycles. The molecule has 0 atom stereocenters. The van der Waals surface area contributed by atoms with Crippen LogP contribution in [0.3, 0.4) is 0 Å². The minimum Gasteiger partial charge on any atom is -0.376 e. The van der Waals surface area contributed by atoms with Crippen LogP contribution in [0.25, 0.3) is 0 Å². The van der Waals surface area contributed by atoms with Crippen LogP contribution in [0.5, 0.6) is 0 Å². The Morgan fingerprint density at radius 2 is 1.90 bits per heavy atom. The van der Waals surface area contributed by atoms with E-state index in [1.807, 2.05) is 6.92 Å². The van der Waals surface area contributed by atoms with Crippen LogP contribution >= 0.6 is 11.6 Å². The smallest absolute Gasteiger partial charge is 0.137 e. The van der Waals surface area contributed by atoms with Crippen molar-refractivity contribution >= 4 is 17.4 Å². The SMILES string of the molecule is Cc1c(Cl)nc(C2CC2)nc1NCCOC1CCCCC1. The summed E-state index contributed by atoms with van der Waals surface area (Å²) >= 11 is 6.20. The summed E-state index contributed by atoms with van der Waals surface area (Å²) in [5.41, 5.74) is 0.929. The van der Waals surface area contributed by atoms with Crippen LogP contribution in [-0.4, -0.2) is 29.2 Å². The molecule has 0 amide bonds. The summed E-state index contributed by atoms with van der Waals surface area (Å²) in [6.07, 6.45) is 9.23. The average Bonchev–Trinajstić information content (AvgIpc) is 3.33. The molecule has 2 aliphatic carbocycles. The Morgan fingerprint density at radius 1 is 1.14 bits per heavy atom. The van der Waals surface area contributed by atoms with Crippen LogP contribution in [0.2, 0.25) is 5.15 Å². The molecular weight excluding hydrogens is 286 g/mol. The third-order valence-electron chi connectivity index (χ3n) is 4.35. The van der Waals surface area contributed by atoms with E-state index in [2.05, 4.69) is 15.3 Å². The zero-order valence-corrected chi connectivity index (χ0v) is 13.5. The van der Waals surface area contributed by atoms with E-state index < -0.39 is 0 Å². The molecule has 5 heteroatoms. The Labute approximate surface area is 131 Å². The lowest BCUT2D eigenvalue weighted by atomic mass is 9.98. The van der Waals surface area contributed by atoms with Gasteiger partial charge in [0.05, 0.1) is 12.7 Å². The quantitative estimate of drug-likeness (QED) is 0.635. The predicted molar refractivity (Wildman–Crippen MR) is 85.1 cm³/mol. The fourth-order valence-electron chi connectivity index (χ4n) is 2.83. The van der Waals surface area contributed by atoms with Gasteiger partial charge in [0.1, 0.15) is 16.8 Å². The van der Waals surface area contributed by atoms with E-state index in [-0.39, 0.29) is 0 Å². The first kappa shape index (κ1) is 15.0. The molecule has 3 rings (SSSR count). The summed E-state index contributed by atoms with van der Waals surface area (Å²) in [5.74, 6) is 2.27. The topological polar surface area (TPSA) is 47.0 Å². The molecule has 0 saturated heterocycles. The van der Waals surface area contributed by atoms with Gasteiger partial charge in [0, 0.05) is 18.0 Å². The lowest BCUT2D eigenvalue weighted by Crippen LogP contribution is -2.21. The summed E-state index contributed by atoms with van der Waals surface area (Å²) in [6.45, 7) is 3.46.